The van der Waals surface area contributed by atoms with Gasteiger partial charge in [0.2, 0.25) is 5.91 Å². The van der Waals surface area contributed by atoms with Crippen LogP contribution < -0.4 is 10.6 Å². The van der Waals surface area contributed by atoms with Crippen LogP contribution in [0.15, 0.2) is 30.5 Å². The van der Waals surface area contributed by atoms with E-state index in [0.29, 0.717) is 19.4 Å². The van der Waals surface area contributed by atoms with Gasteiger partial charge in [-0.2, -0.15) is 0 Å². The molecule has 0 aliphatic heterocycles. The van der Waals surface area contributed by atoms with Gasteiger partial charge in [-0.15, -0.1) is 0 Å². The smallest absolute Gasteiger partial charge is 0.407 e. The Bertz CT molecular complexity index is 1070. The molecule has 8 nitrogen and oxygen atoms in total. The van der Waals surface area contributed by atoms with Crippen molar-refractivity contribution >= 4 is 28.9 Å². The summed E-state index contributed by atoms with van der Waals surface area (Å²) in [6, 6.07) is 7.94. The Balaban J connectivity index is 1.40. The van der Waals surface area contributed by atoms with Gasteiger partial charge in [0.1, 0.15) is 11.1 Å². The number of carbonyl (C=O) groups excluding carboxylic acids is 3. The molecule has 4 rings (SSSR count). The molecule has 2 aromatic rings. The molecule has 3 N–H and O–H groups in total. The van der Waals surface area contributed by atoms with Gasteiger partial charge in [-0.25, -0.2) is 9.59 Å². The summed E-state index contributed by atoms with van der Waals surface area (Å²) < 4.78 is 10.4. The maximum atomic E-state index is 13.3. The first-order valence-electron chi connectivity index (χ1n) is 12.1. The minimum Gasteiger partial charge on any atom is -0.467 e. The monoisotopic (exact) mass is 469 g/mol. The van der Waals surface area contributed by atoms with Crippen LogP contribution in [0.2, 0.25) is 0 Å². The van der Waals surface area contributed by atoms with Gasteiger partial charge in [0.25, 0.3) is 0 Å². The molecule has 2 aliphatic carbocycles. The first-order chi connectivity index (χ1) is 16.1. The van der Waals surface area contributed by atoms with Crippen LogP contribution in [0.3, 0.4) is 0 Å². The van der Waals surface area contributed by atoms with E-state index in [1.54, 1.807) is 0 Å². The van der Waals surface area contributed by atoms with Gasteiger partial charge in [-0.05, 0) is 64.0 Å². The van der Waals surface area contributed by atoms with Crippen LogP contribution in [0.1, 0.15) is 64.4 Å². The van der Waals surface area contributed by atoms with E-state index in [-0.39, 0.29) is 23.7 Å². The second-order valence-electron chi connectivity index (χ2n) is 10.6. The van der Waals surface area contributed by atoms with E-state index < -0.39 is 23.2 Å². The van der Waals surface area contributed by atoms with Crippen molar-refractivity contribution < 1.29 is 23.9 Å². The van der Waals surface area contributed by atoms with Crippen molar-refractivity contribution in [2.24, 2.45) is 11.8 Å². The molecular formula is C26H35N3O5. The maximum Gasteiger partial charge on any atom is 0.407 e. The molecule has 1 aromatic heterocycles. The Hall–Kier alpha value is -3.03. The number of rotatable bonds is 6. The number of H-pyrrole nitrogens is 1. The number of carbonyl (C=O) groups is 3. The number of fused-ring (bicyclic) bond motifs is 1. The zero-order chi connectivity index (χ0) is 24.5. The summed E-state index contributed by atoms with van der Waals surface area (Å²) >= 11 is 0. The lowest BCUT2D eigenvalue weighted by atomic mass is 9.80. The third-order valence-corrected chi connectivity index (χ3v) is 6.94. The van der Waals surface area contributed by atoms with Gasteiger partial charge in [0.15, 0.2) is 0 Å². The highest BCUT2D eigenvalue weighted by atomic mass is 16.6. The van der Waals surface area contributed by atoms with Gasteiger partial charge in [-0.1, -0.05) is 24.6 Å². The van der Waals surface area contributed by atoms with Crippen molar-refractivity contribution in [1.29, 1.82) is 0 Å². The summed E-state index contributed by atoms with van der Waals surface area (Å²) in [5, 5.41) is 6.95. The largest absolute Gasteiger partial charge is 0.467 e. The molecule has 0 bridgehead atoms. The lowest BCUT2D eigenvalue weighted by Crippen LogP contribution is -2.48. The van der Waals surface area contributed by atoms with Crippen molar-refractivity contribution in [3.05, 3.63) is 36.0 Å². The van der Waals surface area contributed by atoms with E-state index in [2.05, 4.69) is 15.6 Å². The average molecular weight is 470 g/mol. The van der Waals surface area contributed by atoms with Crippen LogP contribution in [-0.4, -0.2) is 47.7 Å². The molecule has 184 valence electrons. The Morgan fingerprint density at radius 1 is 1.18 bits per heavy atom. The fourth-order valence-corrected chi connectivity index (χ4v) is 5.20. The number of nitrogens with one attached hydrogen (secondary N) is 3. The zero-order valence-corrected chi connectivity index (χ0v) is 20.4. The van der Waals surface area contributed by atoms with Crippen molar-refractivity contribution in [3.63, 3.8) is 0 Å². The minimum absolute atomic E-state index is 0.116. The Morgan fingerprint density at radius 2 is 1.94 bits per heavy atom. The minimum atomic E-state index is -1.03. The fourth-order valence-electron chi connectivity index (χ4n) is 5.20. The average Bonchev–Trinajstić information content (AvgIpc) is 3.35. The number of esters is 1. The summed E-state index contributed by atoms with van der Waals surface area (Å²) in [7, 11) is 1.36. The quantitative estimate of drug-likeness (QED) is 0.554. The molecule has 4 atom stereocenters. The Labute approximate surface area is 200 Å². The SMILES string of the molecule is COC(=O)C1(NC(=O)[C@@H]2CCC[C@H](CNC(=O)OC(C)(C)C)C2)C[C@H]1c1c[nH]c2ccccc12. The molecule has 2 aliphatic rings. The van der Waals surface area contributed by atoms with Crippen LogP contribution in [0.25, 0.3) is 10.9 Å². The highest BCUT2D eigenvalue weighted by molar-refractivity contribution is 5.95. The van der Waals surface area contributed by atoms with Gasteiger partial charge in [0, 0.05) is 35.5 Å². The van der Waals surface area contributed by atoms with Crippen molar-refractivity contribution in [3.8, 4) is 0 Å². The number of hydrogen-bond donors (Lipinski definition) is 3. The van der Waals surface area contributed by atoms with Crippen LogP contribution in [-0.2, 0) is 19.1 Å². The standard InChI is InChI=1S/C26H35N3O5/c1-25(2,3)34-24(32)28-14-16-8-7-9-17(12-16)22(30)29-26(23(31)33-4)13-20(26)19-15-27-21-11-6-5-10-18(19)21/h5-6,10-11,15-17,20,27H,7-9,12-14H2,1-4H3,(H,28,32)(H,29,30)/t16-,17+,20-,26?/m0/s1. The number of alkyl carbamates (subject to hydrolysis) is 1. The molecule has 2 amide bonds. The highest BCUT2D eigenvalue weighted by Crippen LogP contribution is 2.54. The highest BCUT2D eigenvalue weighted by Gasteiger charge is 2.63. The number of para-hydroxylation sites is 1. The second kappa shape index (κ2) is 9.31. The molecule has 2 saturated carbocycles. The summed E-state index contributed by atoms with van der Waals surface area (Å²) in [5.41, 5.74) is 0.442. The van der Waals surface area contributed by atoms with Crippen molar-refractivity contribution in [1.82, 2.24) is 15.6 Å². The number of amides is 2. The Kier molecular flexibility index (Phi) is 6.60. The zero-order valence-electron chi connectivity index (χ0n) is 20.4. The van der Waals surface area contributed by atoms with Crippen LogP contribution >= 0.6 is 0 Å². The number of benzene rings is 1. The molecule has 1 unspecified atom stereocenters. The lowest BCUT2D eigenvalue weighted by molar-refractivity contribution is -0.147. The topological polar surface area (TPSA) is 110 Å². The third kappa shape index (κ3) is 5.05. The molecule has 0 saturated heterocycles. The summed E-state index contributed by atoms with van der Waals surface area (Å²) in [6.07, 6.45) is 5.27. The van der Waals surface area contributed by atoms with Gasteiger partial charge >= 0.3 is 12.1 Å². The van der Waals surface area contributed by atoms with Gasteiger partial charge < -0.3 is 25.1 Å². The van der Waals surface area contributed by atoms with E-state index in [1.165, 1.54) is 7.11 Å². The van der Waals surface area contributed by atoms with Gasteiger partial charge in [0.05, 0.1) is 7.11 Å². The van der Waals surface area contributed by atoms with Crippen LogP contribution in [0, 0.1) is 11.8 Å². The summed E-state index contributed by atoms with van der Waals surface area (Å²) in [6.45, 7) is 5.95. The molecular weight excluding hydrogens is 434 g/mol. The molecule has 2 fully saturated rings. The molecule has 0 spiro atoms. The number of ether oxygens (including phenoxy) is 2. The first-order valence-corrected chi connectivity index (χ1v) is 12.1. The number of aromatic nitrogens is 1. The van der Waals surface area contributed by atoms with Crippen LogP contribution in [0.5, 0.6) is 0 Å². The van der Waals surface area contributed by atoms with Gasteiger partial charge in [-0.3, -0.25) is 4.79 Å². The molecule has 1 heterocycles. The van der Waals surface area contributed by atoms with Crippen molar-refractivity contribution in [2.45, 2.75) is 69.9 Å². The third-order valence-electron chi connectivity index (χ3n) is 6.94. The normalized spacial score (nSPS) is 26.5. The van der Waals surface area contributed by atoms with E-state index in [0.717, 1.165) is 35.7 Å². The molecule has 1 aromatic carbocycles. The number of aromatic amines is 1. The molecule has 34 heavy (non-hydrogen) atoms. The van der Waals surface area contributed by atoms with E-state index in [9.17, 15) is 14.4 Å². The van der Waals surface area contributed by atoms with E-state index in [4.69, 9.17) is 9.47 Å². The van der Waals surface area contributed by atoms with Crippen LogP contribution in [0.4, 0.5) is 4.79 Å². The lowest BCUT2D eigenvalue weighted by Gasteiger charge is -2.30. The predicted octanol–water partition coefficient (Wildman–Crippen LogP) is 4.01. The molecule has 8 heteroatoms. The summed E-state index contributed by atoms with van der Waals surface area (Å²) in [5.74, 6) is -0.669. The van der Waals surface area contributed by atoms with E-state index in [1.807, 2.05) is 51.2 Å². The Morgan fingerprint density at radius 3 is 2.68 bits per heavy atom. The number of hydrogen-bond acceptors (Lipinski definition) is 5. The predicted molar refractivity (Wildman–Crippen MR) is 128 cm³/mol. The fraction of sp³-hybridized carbons (Fsp3) is 0.577. The second-order valence-corrected chi connectivity index (χ2v) is 10.6. The number of methoxy groups -OCH3 is 1. The van der Waals surface area contributed by atoms with Crippen molar-refractivity contribution in [2.75, 3.05) is 13.7 Å². The summed E-state index contributed by atoms with van der Waals surface area (Å²) in [4.78, 5) is 41.3. The first kappa shape index (κ1) is 24.1. The molecule has 0 radical (unpaired) electrons. The van der Waals surface area contributed by atoms with E-state index >= 15 is 0 Å². The maximum absolute atomic E-state index is 13.3.